The molecule has 23 heavy (non-hydrogen) atoms. The van der Waals surface area contributed by atoms with Crippen molar-refractivity contribution in [1.82, 2.24) is 10.5 Å². The maximum Gasteiger partial charge on any atom is 0.257 e. The van der Waals surface area contributed by atoms with Gasteiger partial charge in [-0.1, -0.05) is 68.1 Å². The number of carbonyl (C=O) groups excluding carboxylic acids is 1. The summed E-state index contributed by atoms with van der Waals surface area (Å²) in [6.07, 6.45) is 5.84. The van der Waals surface area contributed by atoms with Crippen molar-refractivity contribution in [2.45, 2.75) is 58.9 Å². The van der Waals surface area contributed by atoms with E-state index >= 15 is 0 Å². The first-order valence-corrected chi connectivity index (χ1v) is 8.46. The molecule has 0 bridgehead atoms. The van der Waals surface area contributed by atoms with Crippen LogP contribution in [0.15, 0.2) is 34.9 Å². The number of rotatable bonds is 8. The van der Waals surface area contributed by atoms with E-state index in [9.17, 15) is 4.79 Å². The van der Waals surface area contributed by atoms with E-state index in [-0.39, 0.29) is 11.9 Å². The number of carbonyl (C=O) groups is 1. The van der Waals surface area contributed by atoms with Gasteiger partial charge in [-0.25, -0.2) is 0 Å². The van der Waals surface area contributed by atoms with E-state index in [1.165, 1.54) is 19.3 Å². The van der Waals surface area contributed by atoms with Gasteiger partial charge in [-0.05, 0) is 20.3 Å². The lowest BCUT2D eigenvalue weighted by Gasteiger charge is -2.13. The Morgan fingerprint density at radius 2 is 1.96 bits per heavy atom. The van der Waals surface area contributed by atoms with Gasteiger partial charge < -0.3 is 9.84 Å². The van der Waals surface area contributed by atoms with Gasteiger partial charge in [0, 0.05) is 11.6 Å². The van der Waals surface area contributed by atoms with E-state index in [1.807, 2.05) is 30.3 Å². The van der Waals surface area contributed by atoms with Crippen molar-refractivity contribution >= 4 is 5.91 Å². The molecule has 1 atom stereocenters. The third kappa shape index (κ3) is 4.68. The van der Waals surface area contributed by atoms with Crippen LogP contribution in [0.5, 0.6) is 0 Å². The molecule has 1 N–H and O–H groups in total. The number of aryl methyl sites for hydroxylation is 1. The van der Waals surface area contributed by atoms with E-state index in [0.29, 0.717) is 17.0 Å². The minimum atomic E-state index is -0.106. The summed E-state index contributed by atoms with van der Waals surface area (Å²) >= 11 is 0. The lowest BCUT2D eigenvalue weighted by atomic mass is 10.0. The molecule has 0 saturated heterocycles. The first kappa shape index (κ1) is 17.3. The molecule has 0 aliphatic heterocycles. The van der Waals surface area contributed by atoms with Crippen LogP contribution in [0.4, 0.5) is 0 Å². The Kier molecular flexibility index (Phi) is 6.39. The van der Waals surface area contributed by atoms with Gasteiger partial charge in [0.15, 0.2) is 0 Å². The predicted octanol–water partition coefficient (Wildman–Crippen LogP) is 4.74. The molecule has 0 saturated carbocycles. The largest absolute Gasteiger partial charge is 0.360 e. The van der Waals surface area contributed by atoms with Crippen LogP contribution in [0, 0.1) is 6.92 Å². The van der Waals surface area contributed by atoms with Gasteiger partial charge in [-0.2, -0.15) is 0 Å². The molecule has 1 heterocycles. The topological polar surface area (TPSA) is 55.1 Å². The quantitative estimate of drug-likeness (QED) is 0.716. The van der Waals surface area contributed by atoms with Crippen molar-refractivity contribution in [3.05, 3.63) is 41.7 Å². The Hall–Kier alpha value is -2.10. The molecule has 1 amide bonds. The van der Waals surface area contributed by atoms with Crippen LogP contribution < -0.4 is 5.32 Å². The molecule has 2 aromatic rings. The Balaban J connectivity index is 2.04. The molecular formula is C19H26N2O2. The number of unbranched alkanes of at least 4 members (excludes halogenated alkanes) is 3. The second-order valence-corrected chi connectivity index (χ2v) is 6.05. The summed E-state index contributed by atoms with van der Waals surface area (Å²) in [5, 5.41) is 7.14. The third-order valence-electron chi connectivity index (χ3n) is 4.01. The standard InChI is InChI=1S/C19H26N2O2/c1-4-5-6-8-11-14(2)20-19(22)17-15(3)23-21-18(17)16-12-9-7-10-13-16/h7,9-10,12-14H,4-6,8,11H2,1-3H3,(H,20,22). The zero-order valence-corrected chi connectivity index (χ0v) is 14.3. The SMILES string of the molecule is CCCCCCC(C)NC(=O)c1c(-c2ccccc2)noc1C. The summed E-state index contributed by atoms with van der Waals surface area (Å²) < 4.78 is 5.26. The van der Waals surface area contributed by atoms with Crippen molar-refractivity contribution < 1.29 is 9.32 Å². The lowest BCUT2D eigenvalue weighted by Crippen LogP contribution is -2.33. The molecule has 0 aliphatic carbocycles. The number of nitrogens with one attached hydrogen (secondary N) is 1. The van der Waals surface area contributed by atoms with Gasteiger partial charge in [-0.15, -0.1) is 0 Å². The lowest BCUT2D eigenvalue weighted by molar-refractivity contribution is 0.0937. The van der Waals surface area contributed by atoms with E-state index in [1.54, 1.807) is 6.92 Å². The Morgan fingerprint density at radius 3 is 2.65 bits per heavy atom. The molecule has 0 fully saturated rings. The first-order chi connectivity index (χ1) is 11.1. The van der Waals surface area contributed by atoms with Crippen LogP contribution in [0.25, 0.3) is 11.3 Å². The third-order valence-corrected chi connectivity index (χ3v) is 4.01. The highest BCUT2D eigenvalue weighted by molar-refractivity contribution is 6.00. The fourth-order valence-corrected chi connectivity index (χ4v) is 2.68. The minimum absolute atomic E-state index is 0.106. The fraction of sp³-hybridized carbons (Fsp3) is 0.474. The number of nitrogens with zero attached hydrogens (tertiary/aromatic N) is 1. The molecular weight excluding hydrogens is 288 g/mol. The van der Waals surface area contributed by atoms with Crippen LogP contribution in [-0.4, -0.2) is 17.1 Å². The van der Waals surface area contributed by atoms with E-state index in [2.05, 4.69) is 24.3 Å². The van der Waals surface area contributed by atoms with Gasteiger partial charge in [-0.3, -0.25) is 4.79 Å². The Morgan fingerprint density at radius 1 is 1.22 bits per heavy atom. The maximum atomic E-state index is 12.6. The van der Waals surface area contributed by atoms with Gasteiger partial charge >= 0.3 is 0 Å². The molecule has 4 nitrogen and oxygen atoms in total. The summed E-state index contributed by atoms with van der Waals surface area (Å²) in [5.41, 5.74) is 2.04. The summed E-state index contributed by atoms with van der Waals surface area (Å²) in [4.78, 5) is 12.6. The molecule has 0 radical (unpaired) electrons. The highest BCUT2D eigenvalue weighted by Crippen LogP contribution is 2.25. The molecule has 2 rings (SSSR count). The second-order valence-electron chi connectivity index (χ2n) is 6.05. The van der Waals surface area contributed by atoms with E-state index in [4.69, 9.17) is 4.52 Å². The average molecular weight is 314 g/mol. The van der Waals surface area contributed by atoms with Crippen LogP contribution in [0.2, 0.25) is 0 Å². The molecule has 0 aliphatic rings. The summed E-state index contributed by atoms with van der Waals surface area (Å²) in [7, 11) is 0. The van der Waals surface area contributed by atoms with Gasteiger partial charge in [0.1, 0.15) is 17.0 Å². The summed E-state index contributed by atoms with van der Waals surface area (Å²) in [5.74, 6) is 0.449. The van der Waals surface area contributed by atoms with Gasteiger partial charge in [0.25, 0.3) is 5.91 Å². The normalized spacial score (nSPS) is 12.1. The van der Waals surface area contributed by atoms with Crippen molar-refractivity contribution in [3.8, 4) is 11.3 Å². The number of hydrogen-bond acceptors (Lipinski definition) is 3. The molecule has 1 unspecified atom stereocenters. The van der Waals surface area contributed by atoms with E-state index in [0.717, 1.165) is 18.4 Å². The second kappa shape index (κ2) is 8.51. The first-order valence-electron chi connectivity index (χ1n) is 8.46. The monoisotopic (exact) mass is 314 g/mol. The van der Waals surface area contributed by atoms with Crippen LogP contribution in [0.3, 0.4) is 0 Å². The minimum Gasteiger partial charge on any atom is -0.360 e. The van der Waals surface area contributed by atoms with E-state index < -0.39 is 0 Å². The molecule has 0 spiro atoms. The average Bonchev–Trinajstić information content (AvgIpc) is 2.94. The van der Waals surface area contributed by atoms with Crippen LogP contribution in [-0.2, 0) is 0 Å². The molecule has 124 valence electrons. The van der Waals surface area contributed by atoms with Crippen molar-refractivity contribution in [3.63, 3.8) is 0 Å². The number of amides is 1. The number of aromatic nitrogens is 1. The van der Waals surface area contributed by atoms with Crippen molar-refractivity contribution in [2.75, 3.05) is 0 Å². The van der Waals surface area contributed by atoms with Gasteiger partial charge in [0.05, 0.1) is 0 Å². The highest BCUT2D eigenvalue weighted by atomic mass is 16.5. The van der Waals surface area contributed by atoms with Crippen molar-refractivity contribution in [2.24, 2.45) is 0 Å². The zero-order chi connectivity index (χ0) is 16.7. The molecule has 4 heteroatoms. The van der Waals surface area contributed by atoms with Crippen LogP contribution in [0.1, 0.15) is 62.1 Å². The maximum absolute atomic E-state index is 12.6. The summed E-state index contributed by atoms with van der Waals surface area (Å²) in [6, 6.07) is 9.81. The number of hydrogen-bond donors (Lipinski definition) is 1. The highest BCUT2D eigenvalue weighted by Gasteiger charge is 2.22. The molecule has 1 aromatic heterocycles. The van der Waals surface area contributed by atoms with Crippen molar-refractivity contribution in [1.29, 1.82) is 0 Å². The van der Waals surface area contributed by atoms with Crippen LogP contribution >= 0.6 is 0 Å². The fourth-order valence-electron chi connectivity index (χ4n) is 2.68. The van der Waals surface area contributed by atoms with Gasteiger partial charge in [0.2, 0.25) is 0 Å². The Bertz CT molecular complexity index is 620. The Labute approximate surface area is 138 Å². The molecule has 1 aromatic carbocycles. The zero-order valence-electron chi connectivity index (χ0n) is 14.3. The summed E-state index contributed by atoms with van der Waals surface area (Å²) in [6.45, 7) is 6.03. The number of benzene rings is 1. The smallest absolute Gasteiger partial charge is 0.257 e. The predicted molar refractivity (Wildman–Crippen MR) is 92.4 cm³/mol.